The first-order valence-corrected chi connectivity index (χ1v) is 11.6. The summed E-state index contributed by atoms with van der Waals surface area (Å²) in [6.45, 7) is 2.28. The molecular formula is C19H25N3O4S2. The summed E-state index contributed by atoms with van der Waals surface area (Å²) in [5, 5.41) is 5.42. The molecule has 1 aliphatic rings. The van der Waals surface area contributed by atoms with Crippen molar-refractivity contribution in [2.24, 2.45) is 11.8 Å². The molecule has 0 unspecified atom stereocenters. The number of aromatic nitrogens is 1. The molecule has 1 saturated carbocycles. The lowest BCUT2D eigenvalue weighted by Gasteiger charge is -2.27. The highest BCUT2D eigenvalue weighted by molar-refractivity contribution is 7.89. The first kappa shape index (κ1) is 20.8. The van der Waals surface area contributed by atoms with Crippen LogP contribution in [-0.4, -0.2) is 33.0 Å². The Hall–Kier alpha value is -1.97. The minimum absolute atomic E-state index is 0.00612. The summed E-state index contributed by atoms with van der Waals surface area (Å²) in [5.74, 6) is 0.813. The maximum absolute atomic E-state index is 12.4. The molecule has 0 saturated heterocycles. The quantitative estimate of drug-likeness (QED) is 0.713. The summed E-state index contributed by atoms with van der Waals surface area (Å²) < 4.78 is 32.6. The molecule has 7 nitrogen and oxygen atoms in total. The highest BCUT2D eigenvalue weighted by atomic mass is 32.2. The number of sulfonamides is 1. The Bertz CT molecular complexity index is 902. The summed E-state index contributed by atoms with van der Waals surface area (Å²) in [5.41, 5.74) is 0.896. The van der Waals surface area contributed by atoms with Gasteiger partial charge in [-0.3, -0.25) is 4.79 Å². The topological polar surface area (TPSA) is 97.4 Å². The Labute approximate surface area is 169 Å². The number of ether oxygens (including phenoxy) is 1. The normalized spacial score (nSPS) is 19.9. The molecular weight excluding hydrogens is 398 g/mol. The van der Waals surface area contributed by atoms with Crippen LogP contribution < -0.4 is 14.8 Å². The monoisotopic (exact) mass is 423 g/mol. The standard InChI is InChI=1S/C19H25N3O4S2/c1-13-12-27-19(21-13)22-18(23)15-5-3-14(4-6-15)11-20-28(24,25)17-9-7-16(26-2)8-10-17/h7-10,12,14-15,20H,3-6,11H2,1-2H3,(H,21,22,23). The van der Waals surface area contributed by atoms with Gasteiger partial charge < -0.3 is 10.1 Å². The second kappa shape index (κ2) is 9.02. The first-order valence-electron chi connectivity index (χ1n) is 9.24. The summed E-state index contributed by atoms with van der Waals surface area (Å²) in [6, 6.07) is 6.32. The van der Waals surface area contributed by atoms with Gasteiger partial charge in [0.15, 0.2) is 5.13 Å². The molecule has 2 aromatic rings. The van der Waals surface area contributed by atoms with Crippen LogP contribution in [0.25, 0.3) is 0 Å². The van der Waals surface area contributed by atoms with Gasteiger partial charge in [-0.1, -0.05) is 0 Å². The molecule has 1 heterocycles. The van der Waals surface area contributed by atoms with E-state index in [1.807, 2.05) is 12.3 Å². The van der Waals surface area contributed by atoms with Gasteiger partial charge in [0, 0.05) is 17.8 Å². The summed E-state index contributed by atoms with van der Waals surface area (Å²) in [6.07, 6.45) is 3.15. The Morgan fingerprint density at radius 2 is 1.89 bits per heavy atom. The summed E-state index contributed by atoms with van der Waals surface area (Å²) in [7, 11) is -2.01. The number of hydrogen-bond donors (Lipinski definition) is 2. The van der Waals surface area contributed by atoms with Crippen molar-refractivity contribution in [3.05, 3.63) is 35.3 Å². The minimum atomic E-state index is -3.54. The maximum atomic E-state index is 12.4. The molecule has 28 heavy (non-hydrogen) atoms. The third kappa shape index (κ3) is 5.30. The van der Waals surface area contributed by atoms with Crippen molar-refractivity contribution >= 4 is 32.4 Å². The van der Waals surface area contributed by atoms with Crippen molar-refractivity contribution in [1.29, 1.82) is 0 Å². The second-order valence-corrected chi connectivity index (χ2v) is 9.65. The average Bonchev–Trinajstić information content (AvgIpc) is 3.11. The average molecular weight is 424 g/mol. The number of benzene rings is 1. The van der Waals surface area contributed by atoms with Crippen LogP contribution in [0, 0.1) is 18.8 Å². The number of aryl methyl sites for hydroxylation is 1. The zero-order valence-electron chi connectivity index (χ0n) is 16.0. The Balaban J connectivity index is 1.46. The summed E-state index contributed by atoms with van der Waals surface area (Å²) >= 11 is 1.43. The van der Waals surface area contributed by atoms with Crippen LogP contribution in [0.2, 0.25) is 0 Å². The second-order valence-electron chi connectivity index (χ2n) is 7.03. The van der Waals surface area contributed by atoms with E-state index in [1.54, 1.807) is 12.1 Å². The lowest BCUT2D eigenvalue weighted by molar-refractivity contribution is -0.121. The van der Waals surface area contributed by atoms with Crippen molar-refractivity contribution in [2.45, 2.75) is 37.5 Å². The van der Waals surface area contributed by atoms with E-state index in [9.17, 15) is 13.2 Å². The smallest absolute Gasteiger partial charge is 0.240 e. The maximum Gasteiger partial charge on any atom is 0.240 e. The zero-order valence-corrected chi connectivity index (χ0v) is 17.6. The van der Waals surface area contributed by atoms with E-state index in [-0.39, 0.29) is 22.6 Å². The number of hydrogen-bond acceptors (Lipinski definition) is 6. The van der Waals surface area contributed by atoms with Gasteiger partial charge in [0.05, 0.1) is 17.7 Å². The summed E-state index contributed by atoms with van der Waals surface area (Å²) in [4.78, 5) is 16.9. The molecule has 9 heteroatoms. The molecule has 0 aliphatic heterocycles. The minimum Gasteiger partial charge on any atom is -0.497 e. The SMILES string of the molecule is COc1ccc(S(=O)(=O)NCC2CCC(C(=O)Nc3nc(C)cs3)CC2)cc1. The van der Waals surface area contributed by atoms with Gasteiger partial charge in [0.1, 0.15) is 5.75 Å². The Kier molecular flexibility index (Phi) is 6.69. The van der Waals surface area contributed by atoms with E-state index in [2.05, 4.69) is 15.0 Å². The zero-order chi connectivity index (χ0) is 20.1. The van der Waals surface area contributed by atoms with Crippen LogP contribution in [0.4, 0.5) is 5.13 Å². The molecule has 1 fully saturated rings. The van der Waals surface area contributed by atoms with Gasteiger partial charge in [-0.15, -0.1) is 11.3 Å². The predicted molar refractivity (Wildman–Crippen MR) is 109 cm³/mol. The molecule has 0 radical (unpaired) electrons. The van der Waals surface area contributed by atoms with Gasteiger partial charge in [-0.05, 0) is 62.8 Å². The lowest BCUT2D eigenvalue weighted by atomic mass is 9.81. The highest BCUT2D eigenvalue weighted by Crippen LogP contribution is 2.30. The predicted octanol–water partition coefficient (Wildman–Crippen LogP) is 3.18. The van der Waals surface area contributed by atoms with Crippen molar-refractivity contribution in [1.82, 2.24) is 9.71 Å². The van der Waals surface area contributed by atoms with Gasteiger partial charge in [0.25, 0.3) is 0 Å². The molecule has 0 atom stereocenters. The number of anilines is 1. The molecule has 2 N–H and O–H groups in total. The molecule has 0 bridgehead atoms. The molecule has 152 valence electrons. The highest BCUT2D eigenvalue weighted by Gasteiger charge is 2.27. The van der Waals surface area contributed by atoms with Crippen LogP contribution in [0.3, 0.4) is 0 Å². The van der Waals surface area contributed by atoms with Crippen LogP contribution >= 0.6 is 11.3 Å². The molecule has 3 rings (SSSR count). The Morgan fingerprint density at radius 3 is 2.46 bits per heavy atom. The molecule has 1 aromatic heterocycles. The molecule has 0 spiro atoms. The number of amides is 1. The third-order valence-corrected chi connectivity index (χ3v) is 7.31. The fraction of sp³-hybridized carbons (Fsp3) is 0.474. The van der Waals surface area contributed by atoms with Crippen molar-refractivity contribution < 1.29 is 17.9 Å². The van der Waals surface area contributed by atoms with Crippen LogP contribution in [0.1, 0.15) is 31.4 Å². The van der Waals surface area contributed by atoms with Crippen LogP contribution in [0.15, 0.2) is 34.5 Å². The van der Waals surface area contributed by atoms with Gasteiger partial charge in [0.2, 0.25) is 15.9 Å². The lowest BCUT2D eigenvalue weighted by Crippen LogP contribution is -2.33. The van der Waals surface area contributed by atoms with Gasteiger partial charge in [-0.2, -0.15) is 0 Å². The fourth-order valence-electron chi connectivity index (χ4n) is 3.31. The van der Waals surface area contributed by atoms with Crippen molar-refractivity contribution in [3.8, 4) is 5.75 Å². The number of nitrogens with one attached hydrogen (secondary N) is 2. The number of thiazole rings is 1. The van der Waals surface area contributed by atoms with Gasteiger partial charge in [-0.25, -0.2) is 18.1 Å². The number of rotatable bonds is 7. The van der Waals surface area contributed by atoms with Crippen LogP contribution in [-0.2, 0) is 14.8 Å². The van der Waals surface area contributed by atoms with E-state index >= 15 is 0 Å². The largest absolute Gasteiger partial charge is 0.497 e. The van der Waals surface area contributed by atoms with E-state index in [0.717, 1.165) is 31.4 Å². The number of methoxy groups -OCH3 is 1. The van der Waals surface area contributed by atoms with E-state index in [0.29, 0.717) is 17.4 Å². The number of carbonyl (C=O) groups excluding carboxylic acids is 1. The van der Waals surface area contributed by atoms with E-state index in [4.69, 9.17) is 4.74 Å². The van der Waals surface area contributed by atoms with Gasteiger partial charge >= 0.3 is 0 Å². The number of carbonyl (C=O) groups is 1. The van der Waals surface area contributed by atoms with E-state index < -0.39 is 10.0 Å². The van der Waals surface area contributed by atoms with Crippen LogP contribution in [0.5, 0.6) is 5.75 Å². The molecule has 1 aromatic carbocycles. The first-order chi connectivity index (χ1) is 13.4. The fourth-order valence-corrected chi connectivity index (χ4v) is 5.12. The van der Waals surface area contributed by atoms with E-state index in [1.165, 1.54) is 30.6 Å². The number of nitrogens with zero attached hydrogens (tertiary/aromatic N) is 1. The Morgan fingerprint density at radius 1 is 1.21 bits per heavy atom. The molecule has 1 amide bonds. The van der Waals surface area contributed by atoms with Crippen molar-refractivity contribution in [2.75, 3.05) is 19.0 Å². The van der Waals surface area contributed by atoms with Crippen molar-refractivity contribution in [3.63, 3.8) is 0 Å². The third-order valence-electron chi connectivity index (χ3n) is 5.00. The molecule has 1 aliphatic carbocycles.